The zero-order chi connectivity index (χ0) is 0. The summed E-state index contributed by atoms with van der Waals surface area (Å²) >= 11 is 0. The smallest absolute Gasteiger partial charge is 0 e. The molecule has 29 valence electrons. The van der Waals surface area contributed by atoms with Gasteiger partial charge in [-0.25, -0.2) is 0 Å². The average molecular weight is 177 g/mol. The maximum absolute atomic E-state index is 0. The van der Waals surface area contributed by atoms with E-state index in [-0.39, 0.29) is 53.9 Å². The fourth-order valence-electron chi connectivity index (χ4n) is 0. The zero-order valence-corrected chi connectivity index (χ0v) is 6.38. The van der Waals surface area contributed by atoms with Gasteiger partial charge in [0.25, 0.3) is 0 Å². The minimum atomic E-state index is 0. The van der Waals surface area contributed by atoms with E-state index in [1.807, 2.05) is 0 Å². The van der Waals surface area contributed by atoms with Crippen molar-refractivity contribution in [1.29, 1.82) is 0 Å². The first-order valence-electron chi connectivity index (χ1n) is 0. The molecule has 1 unspecified atom stereocenters. The molecule has 0 saturated heterocycles. The molecule has 0 aliphatic heterocycles. The van der Waals surface area contributed by atoms with Crippen LogP contribution in [0.15, 0.2) is 0 Å². The number of rotatable bonds is 0. The molecular formula is H3Fe2P2. The van der Waals surface area contributed by atoms with Crippen LogP contribution in [0.1, 0.15) is 0 Å². The molecule has 0 aromatic rings. The molecule has 0 heterocycles. The first kappa shape index (κ1) is 39.3. The van der Waals surface area contributed by atoms with Crippen LogP contribution in [0.5, 0.6) is 0 Å². The van der Waals surface area contributed by atoms with Crippen LogP contribution in [0.4, 0.5) is 0 Å². The van der Waals surface area contributed by atoms with Crippen LogP contribution in [-0.4, -0.2) is 0 Å². The Kier molecular flexibility index (Phi) is 203. The van der Waals surface area contributed by atoms with Gasteiger partial charge in [-0.2, -0.15) is 9.90 Å². The summed E-state index contributed by atoms with van der Waals surface area (Å²) in [6, 6.07) is 0. The van der Waals surface area contributed by atoms with Gasteiger partial charge in [0.2, 0.25) is 0 Å². The van der Waals surface area contributed by atoms with E-state index >= 15 is 0 Å². The third-order valence-corrected chi connectivity index (χ3v) is 0. The second-order valence-corrected chi connectivity index (χ2v) is 0. The summed E-state index contributed by atoms with van der Waals surface area (Å²) in [5.41, 5.74) is 0. The summed E-state index contributed by atoms with van der Waals surface area (Å²) in [5.74, 6) is 0. The van der Waals surface area contributed by atoms with Crippen LogP contribution >= 0.6 is 19.8 Å². The Morgan fingerprint density at radius 3 is 0.750 bits per heavy atom. The van der Waals surface area contributed by atoms with E-state index in [0.717, 1.165) is 0 Å². The van der Waals surface area contributed by atoms with Crippen molar-refractivity contribution in [3.05, 3.63) is 0 Å². The molecule has 0 saturated carbocycles. The van der Waals surface area contributed by atoms with Gasteiger partial charge in [0.1, 0.15) is 0 Å². The molecule has 3 radical (unpaired) electrons. The van der Waals surface area contributed by atoms with Gasteiger partial charge in [0.05, 0.1) is 0 Å². The minimum Gasteiger partial charge on any atom is -0.153 e. The third kappa shape index (κ3) is 9.09. The third-order valence-electron chi connectivity index (χ3n) is 0. The summed E-state index contributed by atoms with van der Waals surface area (Å²) in [4.78, 5) is 0. The molecule has 0 aliphatic carbocycles. The Labute approximate surface area is 54.1 Å². The van der Waals surface area contributed by atoms with E-state index < -0.39 is 0 Å². The maximum Gasteiger partial charge on any atom is 0 e. The Morgan fingerprint density at radius 2 is 0.750 bits per heavy atom. The summed E-state index contributed by atoms with van der Waals surface area (Å²) in [6.45, 7) is 0. The molecule has 0 bridgehead atoms. The minimum absolute atomic E-state index is 0. The van der Waals surface area contributed by atoms with Crippen molar-refractivity contribution >= 4 is 19.8 Å². The van der Waals surface area contributed by atoms with Gasteiger partial charge in [0, 0.05) is 44.0 Å². The second-order valence-electron chi connectivity index (χ2n) is 0. The molecule has 0 aliphatic rings. The van der Waals surface area contributed by atoms with E-state index in [2.05, 4.69) is 0 Å². The van der Waals surface area contributed by atoms with Gasteiger partial charge in [0.15, 0.2) is 0 Å². The van der Waals surface area contributed by atoms with Gasteiger partial charge in [-0.15, -0.1) is 0 Å². The van der Waals surface area contributed by atoms with Gasteiger partial charge in [-0.3, -0.25) is 0 Å². The molecule has 4 heavy (non-hydrogen) atoms. The fourth-order valence-corrected chi connectivity index (χ4v) is 0. The molecule has 0 amide bonds. The van der Waals surface area contributed by atoms with Gasteiger partial charge in [-0.1, -0.05) is 0 Å². The monoisotopic (exact) mass is 177 g/mol. The normalized spacial score (nSPS) is 0. The van der Waals surface area contributed by atoms with Crippen LogP contribution in [0.25, 0.3) is 0 Å². The summed E-state index contributed by atoms with van der Waals surface area (Å²) in [7, 11) is 0. The van der Waals surface area contributed by atoms with Crippen molar-refractivity contribution in [3.63, 3.8) is 0 Å². The van der Waals surface area contributed by atoms with Crippen LogP contribution in [0, 0.1) is 0 Å². The molecule has 0 spiro atoms. The SMILES string of the molecule is P.[Fe].[Fe].[P]. The van der Waals surface area contributed by atoms with Crippen molar-refractivity contribution in [3.8, 4) is 0 Å². The summed E-state index contributed by atoms with van der Waals surface area (Å²) in [6.07, 6.45) is 0. The number of hydrogen-bond donors (Lipinski definition) is 0. The van der Waals surface area contributed by atoms with Crippen LogP contribution in [0.2, 0.25) is 0 Å². The molecule has 0 rings (SSSR count). The summed E-state index contributed by atoms with van der Waals surface area (Å²) in [5, 5.41) is 0. The molecule has 1 atom stereocenters. The number of hydrogen-bond acceptors (Lipinski definition) is 0. The quantitative estimate of drug-likeness (QED) is 0.380. The van der Waals surface area contributed by atoms with E-state index in [1.54, 1.807) is 0 Å². The molecule has 0 aromatic carbocycles. The first-order chi connectivity index (χ1) is 0. The zero-order valence-electron chi connectivity index (χ0n) is 1.86. The van der Waals surface area contributed by atoms with E-state index in [0.29, 0.717) is 0 Å². The van der Waals surface area contributed by atoms with E-state index in [1.165, 1.54) is 0 Å². The van der Waals surface area contributed by atoms with Crippen molar-refractivity contribution in [2.24, 2.45) is 0 Å². The fraction of sp³-hybridized carbons (Fsp3) is 0. The van der Waals surface area contributed by atoms with Gasteiger partial charge < -0.3 is 0 Å². The van der Waals surface area contributed by atoms with Gasteiger partial charge in [-0.05, 0) is 0 Å². The van der Waals surface area contributed by atoms with Crippen LogP contribution < -0.4 is 0 Å². The van der Waals surface area contributed by atoms with Crippen molar-refractivity contribution in [1.82, 2.24) is 0 Å². The average Bonchev–Trinajstić information content (AvgIpc) is 0. The van der Waals surface area contributed by atoms with Crippen LogP contribution in [0.3, 0.4) is 0 Å². The first-order valence-corrected chi connectivity index (χ1v) is 0. The molecule has 0 N–H and O–H groups in total. The molecule has 0 aromatic heterocycles. The maximum atomic E-state index is 0. The largest absolute Gasteiger partial charge is 0.153 e. The Hall–Kier alpha value is 1.90. The topological polar surface area (TPSA) is 0 Å². The van der Waals surface area contributed by atoms with E-state index in [9.17, 15) is 0 Å². The molecule has 4 heteroatoms. The van der Waals surface area contributed by atoms with Crippen molar-refractivity contribution in [2.75, 3.05) is 0 Å². The Balaban J connectivity index is 0. The Morgan fingerprint density at radius 1 is 0.750 bits per heavy atom. The predicted octanol–water partition coefficient (Wildman–Crippen LogP) is 0.914. The predicted molar refractivity (Wildman–Crippen MR) is 18.0 cm³/mol. The Bertz CT molecular complexity index is 4.00. The molecular weight excluding hydrogens is 174 g/mol. The van der Waals surface area contributed by atoms with Gasteiger partial charge >= 0.3 is 0 Å². The van der Waals surface area contributed by atoms with Crippen molar-refractivity contribution in [2.45, 2.75) is 0 Å². The van der Waals surface area contributed by atoms with Crippen molar-refractivity contribution < 1.29 is 34.1 Å². The second kappa shape index (κ2) is 20.7. The van der Waals surface area contributed by atoms with E-state index in [4.69, 9.17) is 0 Å². The molecule has 0 nitrogen and oxygen atoms in total. The van der Waals surface area contributed by atoms with Crippen LogP contribution in [-0.2, 0) is 34.1 Å². The summed E-state index contributed by atoms with van der Waals surface area (Å²) < 4.78 is 0. The standard InChI is InChI=1S/2Fe.H3P.P/h;;1H3;. The molecule has 0 fully saturated rings.